The second-order valence-corrected chi connectivity index (χ2v) is 8.26. The zero-order valence-electron chi connectivity index (χ0n) is 16.7. The van der Waals surface area contributed by atoms with Gasteiger partial charge in [-0.15, -0.1) is 0 Å². The maximum Gasteiger partial charge on any atom is 0.256 e. The Labute approximate surface area is 189 Å². The third-order valence-corrected chi connectivity index (χ3v) is 5.62. The Morgan fingerprint density at radius 2 is 1.90 bits per heavy atom. The number of ketones is 1. The number of nitrogens with zero attached hydrogens (tertiary/aromatic N) is 1. The molecule has 31 heavy (non-hydrogen) atoms. The van der Waals surface area contributed by atoms with Gasteiger partial charge in [-0.25, -0.2) is 4.98 Å². The quantitative estimate of drug-likeness (QED) is 0.120. The minimum Gasteiger partial charge on any atom is -0.494 e. The number of halogens is 1. The van der Waals surface area contributed by atoms with Gasteiger partial charge in [0.25, 0.3) is 5.22 Å². The Balaban J connectivity index is 1.21. The first kappa shape index (κ1) is 21.2. The average Bonchev–Trinajstić information content (AvgIpc) is 3.20. The van der Waals surface area contributed by atoms with Crippen LogP contribution in [-0.4, -0.2) is 23.1 Å². The van der Waals surface area contributed by atoms with Gasteiger partial charge in [0.15, 0.2) is 11.4 Å². The highest BCUT2D eigenvalue weighted by molar-refractivity contribution is 7.99. The topological polar surface area (TPSA) is 52.3 Å². The molecule has 0 aliphatic carbocycles. The Kier molecular flexibility index (Phi) is 7.07. The highest BCUT2D eigenvalue weighted by atomic mass is 35.5. The van der Waals surface area contributed by atoms with Gasteiger partial charge < -0.3 is 9.15 Å². The lowest BCUT2D eigenvalue weighted by Crippen LogP contribution is -2.00. The van der Waals surface area contributed by atoms with Gasteiger partial charge in [0.2, 0.25) is 0 Å². The number of ether oxygens (including phenoxy) is 1. The van der Waals surface area contributed by atoms with Crippen LogP contribution in [0.1, 0.15) is 22.3 Å². The van der Waals surface area contributed by atoms with E-state index >= 15 is 0 Å². The number of allylic oxidation sites excluding steroid dienone is 1. The molecule has 4 aromatic rings. The summed E-state index contributed by atoms with van der Waals surface area (Å²) in [5, 5.41) is 1.32. The summed E-state index contributed by atoms with van der Waals surface area (Å²) >= 11 is 7.54. The molecule has 0 bridgehead atoms. The smallest absolute Gasteiger partial charge is 0.256 e. The minimum atomic E-state index is -0.0683. The molecular formula is C25H20ClNO3S. The average molecular weight is 450 g/mol. The van der Waals surface area contributed by atoms with E-state index in [0.717, 1.165) is 34.6 Å². The van der Waals surface area contributed by atoms with E-state index in [2.05, 4.69) is 4.98 Å². The fourth-order valence-electron chi connectivity index (χ4n) is 2.92. The van der Waals surface area contributed by atoms with Crippen molar-refractivity contribution in [3.05, 3.63) is 95.0 Å². The second-order valence-electron chi connectivity index (χ2n) is 6.77. The van der Waals surface area contributed by atoms with Crippen LogP contribution in [0, 0.1) is 0 Å². The molecule has 0 spiro atoms. The summed E-state index contributed by atoms with van der Waals surface area (Å²) in [5.74, 6) is 1.51. The number of rotatable bonds is 9. The van der Waals surface area contributed by atoms with Crippen molar-refractivity contribution in [1.29, 1.82) is 0 Å². The van der Waals surface area contributed by atoms with Crippen molar-refractivity contribution >= 4 is 46.3 Å². The summed E-state index contributed by atoms with van der Waals surface area (Å²) in [6, 6.07) is 22.3. The standard InChI is InChI=1S/C25H20ClNO3S/c26-20-6-3-5-18(17-20)9-14-23(28)19-10-12-21(13-11-19)29-15-4-16-31-25-27-22-7-1-2-8-24(22)30-25/h1-3,5-14,17H,4,15-16H2/b14-9+. The highest BCUT2D eigenvalue weighted by Gasteiger charge is 2.06. The van der Waals surface area contributed by atoms with Gasteiger partial charge in [-0.05, 0) is 66.6 Å². The maximum atomic E-state index is 12.3. The second kappa shape index (κ2) is 10.3. The first-order chi connectivity index (χ1) is 15.2. The molecule has 156 valence electrons. The molecule has 0 fully saturated rings. The molecule has 0 N–H and O–H groups in total. The third-order valence-electron chi connectivity index (χ3n) is 4.47. The van der Waals surface area contributed by atoms with E-state index < -0.39 is 0 Å². The van der Waals surface area contributed by atoms with Crippen molar-refractivity contribution in [3.63, 3.8) is 0 Å². The largest absolute Gasteiger partial charge is 0.494 e. The van der Waals surface area contributed by atoms with Crippen LogP contribution in [0.3, 0.4) is 0 Å². The fraction of sp³-hybridized carbons (Fsp3) is 0.120. The van der Waals surface area contributed by atoms with Crippen LogP contribution < -0.4 is 4.74 Å². The number of thioether (sulfide) groups is 1. The summed E-state index contributed by atoms with van der Waals surface area (Å²) in [6.07, 6.45) is 4.16. The van der Waals surface area contributed by atoms with Crippen molar-refractivity contribution in [2.45, 2.75) is 11.6 Å². The lowest BCUT2D eigenvalue weighted by molar-refractivity contribution is 0.104. The molecule has 0 atom stereocenters. The van der Waals surface area contributed by atoms with Gasteiger partial charge in [0.1, 0.15) is 11.3 Å². The summed E-state index contributed by atoms with van der Waals surface area (Å²) in [4.78, 5) is 16.8. The zero-order valence-corrected chi connectivity index (χ0v) is 18.2. The number of benzene rings is 3. The minimum absolute atomic E-state index is 0.0683. The summed E-state index contributed by atoms with van der Waals surface area (Å²) in [6.45, 7) is 0.579. The Morgan fingerprint density at radius 3 is 2.71 bits per heavy atom. The maximum absolute atomic E-state index is 12.3. The monoisotopic (exact) mass is 449 g/mol. The van der Waals surface area contributed by atoms with E-state index in [1.54, 1.807) is 42.1 Å². The Bertz CT molecular complexity index is 1170. The first-order valence-electron chi connectivity index (χ1n) is 9.86. The number of oxazole rings is 1. The molecule has 0 aliphatic rings. The van der Waals surface area contributed by atoms with Gasteiger partial charge in [0.05, 0.1) is 6.61 Å². The van der Waals surface area contributed by atoms with Crippen molar-refractivity contribution < 1.29 is 13.9 Å². The normalized spacial score (nSPS) is 11.3. The lowest BCUT2D eigenvalue weighted by Gasteiger charge is -2.06. The zero-order chi connectivity index (χ0) is 21.5. The van der Waals surface area contributed by atoms with Crippen LogP contribution >= 0.6 is 23.4 Å². The third kappa shape index (κ3) is 6.00. The number of para-hydroxylation sites is 2. The SMILES string of the molecule is O=C(/C=C/c1cccc(Cl)c1)c1ccc(OCCCSc2nc3ccccc3o2)cc1. The lowest BCUT2D eigenvalue weighted by atomic mass is 10.1. The first-order valence-corrected chi connectivity index (χ1v) is 11.2. The molecule has 3 aromatic carbocycles. The number of fused-ring (bicyclic) bond motifs is 1. The van der Waals surface area contributed by atoms with Gasteiger partial charge in [-0.2, -0.15) is 0 Å². The van der Waals surface area contributed by atoms with Gasteiger partial charge >= 0.3 is 0 Å². The van der Waals surface area contributed by atoms with E-state index in [1.165, 1.54) is 0 Å². The molecule has 0 unspecified atom stereocenters. The van der Waals surface area contributed by atoms with Crippen LogP contribution in [0.15, 0.2) is 88.5 Å². The van der Waals surface area contributed by atoms with Crippen LogP contribution in [-0.2, 0) is 0 Å². The van der Waals surface area contributed by atoms with E-state index in [-0.39, 0.29) is 5.78 Å². The molecular weight excluding hydrogens is 430 g/mol. The molecule has 4 nitrogen and oxygen atoms in total. The summed E-state index contributed by atoms with van der Waals surface area (Å²) < 4.78 is 11.5. The van der Waals surface area contributed by atoms with Gasteiger partial charge in [0, 0.05) is 16.3 Å². The van der Waals surface area contributed by atoms with Crippen LogP contribution in [0.2, 0.25) is 5.02 Å². The molecule has 4 rings (SSSR count). The fourth-order valence-corrected chi connectivity index (χ4v) is 3.86. The number of carbonyl (C=O) groups is 1. The van der Waals surface area contributed by atoms with E-state index in [9.17, 15) is 4.79 Å². The van der Waals surface area contributed by atoms with Crippen LogP contribution in [0.25, 0.3) is 17.2 Å². The molecule has 0 aliphatic heterocycles. The number of hydrogen-bond acceptors (Lipinski definition) is 5. The summed E-state index contributed by atoms with van der Waals surface area (Å²) in [7, 11) is 0. The highest BCUT2D eigenvalue weighted by Crippen LogP contribution is 2.23. The summed E-state index contributed by atoms with van der Waals surface area (Å²) in [5.41, 5.74) is 3.17. The van der Waals surface area contributed by atoms with E-state index in [0.29, 0.717) is 22.4 Å². The van der Waals surface area contributed by atoms with Crippen molar-refractivity contribution in [2.75, 3.05) is 12.4 Å². The van der Waals surface area contributed by atoms with Crippen LogP contribution in [0.4, 0.5) is 0 Å². The molecule has 1 aromatic heterocycles. The van der Waals surface area contributed by atoms with Gasteiger partial charge in [-0.1, -0.05) is 53.7 Å². The van der Waals surface area contributed by atoms with E-state index in [4.69, 9.17) is 20.8 Å². The number of hydrogen-bond donors (Lipinski definition) is 0. The Morgan fingerprint density at radius 1 is 1.06 bits per heavy atom. The number of carbonyl (C=O) groups excluding carboxylic acids is 1. The molecule has 0 radical (unpaired) electrons. The van der Waals surface area contributed by atoms with Gasteiger partial charge in [-0.3, -0.25) is 4.79 Å². The predicted octanol–water partition coefficient (Wildman–Crippen LogP) is 6.94. The van der Waals surface area contributed by atoms with Crippen LogP contribution in [0.5, 0.6) is 5.75 Å². The van der Waals surface area contributed by atoms with Crippen molar-refractivity contribution in [3.8, 4) is 5.75 Å². The number of aromatic nitrogens is 1. The van der Waals surface area contributed by atoms with Crippen molar-refractivity contribution in [1.82, 2.24) is 4.98 Å². The molecule has 1 heterocycles. The Hall–Kier alpha value is -3.02. The van der Waals surface area contributed by atoms with E-state index in [1.807, 2.05) is 54.6 Å². The molecule has 0 amide bonds. The van der Waals surface area contributed by atoms with Crippen molar-refractivity contribution in [2.24, 2.45) is 0 Å². The molecule has 0 saturated carbocycles. The predicted molar refractivity (Wildman–Crippen MR) is 126 cm³/mol. The molecule has 0 saturated heterocycles. The molecule has 6 heteroatoms.